The Hall–Kier alpha value is -1.28. The van der Waals surface area contributed by atoms with Crippen molar-refractivity contribution in [2.24, 2.45) is 5.73 Å². The highest BCUT2D eigenvalue weighted by Gasteiger charge is 1.98. The van der Waals surface area contributed by atoms with Gasteiger partial charge in [-0.25, -0.2) is 0 Å². The predicted molar refractivity (Wildman–Crippen MR) is 55.8 cm³/mol. The van der Waals surface area contributed by atoms with Crippen molar-refractivity contribution in [3.63, 3.8) is 0 Å². The summed E-state index contributed by atoms with van der Waals surface area (Å²) in [6.45, 7) is 2.79. The lowest BCUT2D eigenvalue weighted by atomic mass is 10.1. The molecule has 1 aromatic heterocycles. The van der Waals surface area contributed by atoms with Gasteiger partial charge in [-0.1, -0.05) is 12.1 Å². The first-order valence-corrected chi connectivity index (χ1v) is 4.58. The molecule has 0 fully saturated rings. The van der Waals surface area contributed by atoms with Gasteiger partial charge in [0.25, 0.3) is 0 Å². The highest BCUT2D eigenvalue weighted by Crippen LogP contribution is 2.16. The average Bonchev–Trinajstić information content (AvgIpc) is 2.44. The van der Waals surface area contributed by atoms with Crippen LogP contribution in [0.1, 0.15) is 11.3 Å². The Labute approximate surface area is 77.8 Å². The fourth-order valence-electron chi connectivity index (χ4n) is 1.64. The van der Waals surface area contributed by atoms with E-state index in [-0.39, 0.29) is 0 Å². The van der Waals surface area contributed by atoms with Crippen molar-refractivity contribution in [3.05, 3.63) is 35.5 Å². The zero-order chi connectivity index (χ0) is 9.26. The van der Waals surface area contributed by atoms with Gasteiger partial charge >= 0.3 is 0 Å². The summed E-state index contributed by atoms with van der Waals surface area (Å²) in [6, 6.07) is 8.61. The zero-order valence-corrected chi connectivity index (χ0v) is 7.80. The molecular formula is C11H14N2. The van der Waals surface area contributed by atoms with Crippen LogP contribution in [0.5, 0.6) is 0 Å². The van der Waals surface area contributed by atoms with E-state index in [1.807, 2.05) is 0 Å². The highest BCUT2D eigenvalue weighted by molar-refractivity contribution is 5.80. The molecule has 0 atom stereocenters. The fraction of sp³-hybridized carbons (Fsp3) is 0.273. The molecule has 0 aliphatic carbocycles. The first kappa shape index (κ1) is 8.32. The Morgan fingerprint density at radius 3 is 2.92 bits per heavy atom. The van der Waals surface area contributed by atoms with Gasteiger partial charge in [0, 0.05) is 11.2 Å². The van der Waals surface area contributed by atoms with E-state index in [0.29, 0.717) is 6.54 Å². The fourth-order valence-corrected chi connectivity index (χ4v) is 1.64. The zero-order valence-electron chi connectivity index (χ0n) is 7.80. The van der Waals surface area contributed by atoms with Crippen molar-refractivity contribution < 1.29 is 0 Å². The minimum Gasteiger partial charge on any atom is -0.359 e. The highest BCUT2D eigenvalue weighted by atomic mass is 14.7. The summed E-state index contributed by atoms with van der Waals surface area (Å²) in [4.78, 5) is 3.32. The number of benzene rings is 1. The molecule has 2 heteroatoms. The molecule has 0 aliphatic rings. The molecule has 1 heterocycles. The molecule has 2 rings (SSSR count). The lowest BCUT2D eigenvalue weighted by molar-refractivity contribution is 0.970. The van der Waals surface area contributed by atoms with Gasteiger partial charge in [-0.15, -0.1) is 0 Å². The first-order chi connectivity index (χ1) is 6.29. The second-order valence-corrected chi connectivity index (χ2v) is 3.41. The van der Waals surface area contributed by atoms with Crippen LogP contribution in [0.25, 0.3) is 10.9 Å². The number of nitrogens with two attached hydrogens (primary N) is 1. The van der Waals surface area contributed by atoms with Crippen LogP contribution in [0.15, 0.2) is 24.3 Å². The van der Waals surface area contributed by atoms with Crippen LogP contribution >= 0.6 is 0 Å². The Morgan fingerprint density at radius 2 is 2.15 bits per heavy atom. The summed E-state index contributed by atoms with van der Waals surface area (Å²) >= 11 is 0. The van der Waals surface area contributed by atoms with E-state index < -0.39 is 0 Å². The predicted octanol–water partition coefficient (Wildman–Crippen LogP) is 1.98. The van der Waals surface area contributed by atoms with E-state index in [1.165, 1.54) is 22.2 Å². The summed E-state index contributed by atoms with van der Waals surface area (Å²) in [5, 5.41) is 1.28. The summed E-state index contributed by atoms with van der Waals surface area (Å²) in [7, 11) is 0. The Balaban J connectivity index is 2.48. The number of aromatic nitrogens is 1. The van der Waals surface area contributed by atoms with E-state index in [0.717, 1.165) is 6.42 Å². The van der Waals surface area contributed by atoms with Gasteiger partial charge in [0.05, 0.1) is 0 Å². The van der Waals surface area contributed by atoms with Crippen LogP contribution < -0.4 is 5.73 Å². The lowest BCUT2D eigenvalue weighted by Crippen LogP contribution is -2.02. The molecule has 0 spiro atoms. The Bertz CT molecular complexity index is 415. The quantitative estimate of drug-likeness (QED) is 0.718. The van der Waals surface area contributed by atoms with Crippen LogP contribution in [0.2, 0.25) is 0 Å². The monoisotopic (exact) mass is 174 g/mol. The van der Waals surface area contributed by atoms with Crippen LogP contribution in [0, 0.1) is 6.92 Å². The standard InChI is InChI=1S/C11H14N2/c1-8-6-10-3-2-9(4-5-12)7-11(10)13-8/h2-3,6-7,13H,4-5,12H2,1H3. The molecule has 68 valence electrons. The summed E-state index contributed by atoms with van der Waals surface area (Å²) in [6.07, 6.45) is 0.952. The molecule has 0 radical (unpaired) electrons. The molecule has 1 aromatic carbocycles. The second-order valence-electron chi connectivity index (χ2n) is 3.41. The van der Waals surface area contributed by atoms with Crippen LogP contribution in [-0.2, 0) is 6.42 Å². The first-order valence-electron chi connectivity index (χ1n) is 4.58. The van der Waals surface area contributed by atoms with E-state index in [2.05, 4.69) is 36.2 Å². The van der Waals surface area contributed by atoms with Crippen molar-refractivity contribution in [1.29, 1.82) is 0 Å². The van der Waals surface area contributed by atoms with Gasteiger partial charge < -0.3 is 10.7 Å². The minimum atomic E-state index is 0.713. The molecule has 0 aliphatic heterocycles. The van der Waals surface area contributed by atoms with Crippen LogP contribution in [0.3, 0.4) is 0 Å². The molecule has 0 saturated heterocycles. The van der Waals surface area contributed by atoms with Crippen LogP contribution in [0.4, 0.5) is 0 Å². The molecule has 2 aromatic rings. The third-order valence-corrected chi connectivity index (χ3v) is 2.25. The van der Waals surface area contributed by atoms with Crippen molar-refractivity contribution in [2.45, 2.75) is 13.3 Å². The number of fused-ring (bicyclic) bond motifs is 1. The van der Waals surface area contributed by atoms with E-state index in [9.17, 15) is 0 Å². The molecule has 0 unspecified atom stereocenters. The van der Waals surface area contributed by atoms with Crippen molar-refractivity contribution in [3.8, 4) is 0 Å². The lowest BCUT2D eigenvalue weighted by Gasteiger charge is -1.97. The normalized spacial score (nSPS) is 10.9. The third-order valence-electron chi connectivity index (χ3n) is 2.25. The number of rotatable bonds is 2. The van der Waals surface area contributed by atoms with Crippen molar-refractivity contribution in [1.82, 2.24) is 4.98 Å². The average molecular weight is 174 g/mol. The van der Waals surface area contributed by atoms with Gasteiger partial charge in [-0.2, -0.15) is 0 Å². The molecule has 2 nitrogen and oxygen atoms in total. The van der Waals surface area contributed by atoms with Gasteiger partial charge in [-0.3, -0.25) is 0 Å². The van der Waals surface area contributed by atoms with Gasteiger partial charge in [0.2, 0.25) is 0 Å². The summed E-state index contributed by atoms with van der Waals surface area (Å²) in [5.74, 6) is 0. The third kappa shape index (κ3) is 1.58. The Morgan fingerprint density at radius 1 is 1.31 bits per heavy atom. The minimum absolute atomic E-state index is 0.713. The second kappa shape index (κ2) is 3.23. The van der Waals surface area contributed by atoms with Gasteiger partial charge in [-0.05, 0) is 43.0 Å². The van der Waals surface area contributed by atoms with Gasteiger partial charge in [0.1, 0.15) is 0 Å². The summed E-state index contributed by atoms with van der Waals surface area (Å²) < 4.78 is 0. The Kier molecular flexibility index (Phi) is 2.07. The smallest absolute Gasteiger partial charge is 0.0458 e. The number of hydrogen-bond acceptors (Lipinski definition) is 1. The molecule has 0 bridgehead atoms. The maximum Gasteiger partial charge on any atom is 0.0458 e. The van der Waals surface area contributed by atoms with Crippen LogP contribution in [-0.4, -0.2) is 11.5 Å². The molecule has 0 amide bonds. The van der Waals surface area contributed by atoms with E-state index >= 15 is 0 Å². The van der Waals surface area contributed by atoms with E-state index in [4.69, 9.17) is 5.73 Å². The molecular weight excluding hydrogens is 160 g/mol. The maximum absolute atomic E-state index is 5.50. The summed E-state index contributed by atoms with van der Waals surface area (Å²) in [5.41, 5.74) is 9.22. The SMILES string of the molecule is Cc1cc2ccc(CCN)cc2[nH]1. The maximum atomic E-state index is 5.50. The molecule has 13 heavy (non-hydrogen) atoms. The molecule has 0 saturated carbocycles. The van der Waals surface area contributed by atoms with Crippen molar-refractivity contribution in [2.75, 3.05) is 6.54 Å². The van der Waals surface area contributed by atoms with E-state index in [1.54, 1.807) is 0 Å². The number of nitrogens with one attached hydrogen (secondary N) is 1. The molecule has 3 N–H and O–H groups in total. The number of aryl methyl sites for hydroxylation is 1. The van der Waals surface area contributed by atoms with Gasteiger partial charge in [0.15, 0.2) is 0 Å². The number of H-pyrrole nitrogens is 1. The largest absolute Gasteiger partial charge is 0.359 e. The number of aromatic amines is 1. The van der Waals surface area contributed by atoms with Crippen molar-refractivity contribution >= 4 is 10.9 Å². The number of hydrogen-bond donors (Lipinski definition) is 2. The topological polar surface area (TPSA) is 41.8 Å².